The molecular weight excluding hydrogens is 266 g/mol. The summed E-state index contributed by atoms with van der Waals surface area (Å²) in [5.74, 6) is 4.77. The van der Waals surface area contributed by atoms with Crippen molar-refractivity contribution in [1.29, 1.82) is 0 Å². The van der Waals surface area contributed by atoms with Crippen LogP contribution in [0.4, 0.5) is 0 Å². The number of rotatable bonds is 5. The van der Waals surface area contributed by atoms with Gasteiger partial charge in [0.25, 0.3) is 5.91 Å². The fourth-order valence-corrected chi connectivity index (χ4v) is 1.83. The number of carbonyl (C=O) groups excluding carboxylic acids is 1. The quantitative estimate of drug-likeness (QED) is 0.321. The summed E-state index contributed by atoms with van der Waals surface area (Å²) in [5, 5.41) is 4.75. The van der Waals surface area contributed by atoms with Gasteiger partial charge >= 0.3 is 0 Å². The van der Waals surface area contributed by atoms with E-state index in [1.54, 1.807) is 24.3 Å². The zero-order valence-corrected chi connectivity index (χ0v) is 11.8. The second-order valence-electron chi connectivity index (χ2n) is 3.91. The lowest BCUT2D eigenvalue weighted by molar-refractivity contribution is 0.0953. The molecule has 0 heterocycles. The Morgan fingerprint density at radius 1 is 1.21 bits per heavy atom. The molecule has 0 bridgehead atoms. The first-order valence-corrected chi connectivity index (χ1v) is 7.68. The van der Waals surface area contributed by atoms with Gasteiger partial charge in [0.1, 0.15) is 0 Å². The molecule has 6 nitrogen and oxygen atoms in total. The molecule has 1 amide bonds. The van der Waals surface area contributed by atoms with Crippen LogP contribution in [0.25, 0.3) is 0 Å². The minimum absolute atomic E-state index is 0.126. The summed E-state index contributed by atoms with van der Waals surface area (Å²) >= 11 is 0. The highest BCUT2D eigenvalue weighted by Gasteiger charge is 1.99. The Morgan fingerprint density at radius 2 is 1.79 bits per heavy atom. The molecule has 1 aromatic rings. The minimum Gasteiger partial charge on any atom is -0.290 e. The average molecular weight is 287 g/mol. The van der Waals surface area contributed by atoms with Crippen LogP contribution in [0.5, 0.6) is 0 Å². The fraction of sp³-hybridized carbons (Fsp3) is 0.417. The molecule has 7 heteroatoms. The first kappa shape index (κ1) is 17.6. The monoisotopic (exact) mass is 287 g/mol. The van der Waals surface area contributed by atoms with Crippen molar-refractivity contribution in [2.24, 2.45) is 11.0 Å². The molecule has 0 unspecified atom stereocenters. The summed E-state index contributed by atoms with van der Waals surface area (Å²) in [5.41, 5.74) is 2.62. The standard InChI is InChI=1S/C7H8N2O.C5H13NO2S/c8-9-7(10)6-4-2-1-3-5-6;1-2-3-4-5-9(6,7)8/h1-5H,8H2,(H,9,10);2-5H2,1H3,(H2,6,7,8). The van der Waals surface area contributed by atoms with Crippen LogP contribution in [0.15, 0.2) is 30.3 Å². The molecule has 0 aliphatic heterocycles. The zero-order chi connectivity index (χ0) is 14.7. The normalized spacial score (nSPS) is 10.3. The molecule has 1 rings (SSSR count). The zero-order valence-electron chi connectivity index (χ0n) is 11.0. The van der Waals surface area contributed by atoms with E-state index in [0.717, 1.165) is 12.8 Å². The number of sulfonamides is 1. The molecule has 0 saturated carbocycles. The third kappa shape index (κ3) is 10.2. The van der Waals surface area contributed by atoms with Gasteiger partial charge in [-0.2, -0.15) is 0 Å². The molecule has 108 valence electrons. The second-order valence-corrected chi connectivity index (χ2v) is 5.65. The summed E-state index contributed by atoms with van der Waals surface area (Å²) in [6.07, 6.45) is 2.65. The summed E-state index contributed by atoms with van der Waals surface area (Å²) in [7, 11) is -3.20. The van der Waals surface area contributed by atoms with E-state index in [1.165, 1.54) is 0 Å². The number of hydrogen-bond acceptors (Lipinski definition) is 4. The molecule has 19 heavy (non-hydrogen) atoms. The molecule has 0 spiro atoms. The van der Waals surface area contributed by atoms with Gasteiger partial charge in [-0.1, -0.05) is 38.0 Å². The maximum Gasteiger partial charge on any atom is 0.265 e. The number of hydrazine groups is 1. The summed E-state index contributed by atoms with van der Waals surface area (Å²) in [4.78, 5) is 10.8. The van der Waals surface area contributed by atoms with E-state index in [0.29, 0.717) is 12.0 Å². The van der Waals surface area contributed by atoms with Gasteiger partial charge in [0.15, 0.2) is 0 Å². The first-order valence-electron chi connectivity index (χ1n) is 5.97. The molecular formula is C12H21N3O3S. The Morgan fingerprint density at radius 3 is 2.21 bits per heavy atom. The third-order valence-electron chi connectivity index (χ3n) is 2.20. The van der Waals surface area contributed by atoms with Gasteiger partial charge in [-0.25, -0.2) is 19.4 Å². The molecule has 0 fully saturated rings. The lowest BCUT2D eigenvalue weighted by Crippen LogP contribution is -2.29. The molecule has 0 saturated heterocycles. The molecule has 0 aromatic heterocycles. The van der Waals surface area contributed by atoms with Crippen molar-refractivity contribution >= 4 is 15.9 Å². The van der Waals surface area contributed by atoms with Gasteiger partial charge in [-0.3, -0.25) is 10.2 Å². The minimum atomic E-state index is -3.20. The smallest absolute Gasteiger partial charge is 0.265 e. The lowest BCUT2D eigenvalue weighted by Gasteiger charge is -1.95. The molecule has 0 aliphatic carbocycles. The average Bonchev–Trinajstić information content (AvgIpc) is 2.38. The Labute approximate surface area is 114 Å². The van der Waals surface area contributed by atoms with Gasteiger partial charge in [-0.15, -0.1) is 0 Å². The Bertz CT molecular complexity index is 460. The van der Waals surface area contributed by atoms with Crippen molar-refractivity contribution in [2.75, 3.05) is 5.75 Å². The Hall–Kier alpha value is -1.44. The van der Waals surface area contributed by atoms with E-state index in [4.69, 9.17) is 11.0 Å². The molecule has 0 aliphatic rings. The second kappa shape index (κ2) is 9.48. The van der Waals surface area contributed by atoms with Gasteiger partial charge in [-0.05, 0) is 18.6 Å². The van der Waals surface area contributed by atoms with Gasteiger partial charge in [0.05, 0.1) is 5.75 Å². The van der Waals surface area contributed by atoms with Crippen LogP contribution in [-0.2, 0) is 10.0 Å². The summed E-state index contributed by atoms with van der Waals surface area (Å²) in [6.45, 7) is 2.02. The number of nitrogen functional groups attached to an aromatic ring is 1. The number of nitrogens with one attached hydrogen (secondary N) is 1. The topological polar surface area (TPSA) is 115 Å². The van der Waals surface area contributed by atoms with Crippen molar-refractivity contribution in [3.05, 3.63) is 35.9 Å². The predicted octanol–water partition coefficient (Wildman–Crippen LogP) is 0.755. The largest absolute Gasteiger partial charge is 0.290 e. The predicted molar refractivity (Wildman–Crippen MR) is 75.6 cm³/mol. The molecule has 5 N–H and O–H groups in total. The van der Waals surface area contributed by atoms with Crippen LogP contribution in [0.3, 0.4) is 0 Å². The van der Waals surface area contributed by atoms with Gasteiger partial charge in [0, 0.05) is 5.56 Å². The van der Waals surface area contributed by atoms with Crippen molar-refractivity contribution in [3.63, 3.8) is 0 Å². The van der Waals surface area contributed by atoms with Crippen LogP contribution >= 0.6 is 0 Å². The third-order valence-corrected chi connectivity index (χ3v) is 3.06. The number of nitrogens with two attached hydrogens (primary N) is 2. The Balaban J connectivity index is 0.000000344. The summed E-state index contributed by atoms with van der Waals surface area (Å²) in [6, 6.07) is 8.80. The summed E-state index contributed by atoms with van der Waals surface area (Å²) < 4.78 is 20.6. The highest BCUT2D eigenvalue weighted by atomic mass is 32.2. The van der Waals surface area contributed by atoms with Gasteiger partial charge in [0.2, 0.25) is 10.0 Å². The van der Waals surface area contributed by atoms with Crippen molar-refractivity contribution in [2.45, 2.75) is 26.2 Å². The van der Waals surface area contributed by atoms with Crippen LogP contribution in [0.2, 0.25) is 0 Å². The lowest BCUT2D eigenvalue weighted by atomic mass is 10.2. The van der Waals surface area contributed by atoms with E-state index in [9.17, 15) is 13.2 Å². The highest BCUT2D eigenvalue weighted by Crippen LogP contribution is 1.96. The van der Waals surface area contributed by atoms with Crippen LogP contribution in [0, 0.1) is 0 Å². The van der Waals surface area contributed by atoms with Crippen LogP contribution < -0.4 is 16.4 Å². The van der Waals surface area contributed by atoms with Crippen molar-refractivity contribution < 1.29 is 13.2 Å². The maximum absolute atomic E-state index is 10.8. The Kier molecular flexibility index (Phi) is 8.77. The maximum atomic E-state index is 10.8. The first-order chi connectivity index (χ1) is 8.90. The van der Waals surface area contributed by atoms with E-state index >= 15 is 0 Å². The van der Waals surface area contributed by atoms with E-state index in [1.807, 2.05) is 18.4 Å². The van der Waals surface area contributed by atoms with Crippen LogP contribution in [-0.4, -0.2) is 20.1 Å². The van der Waals surface area contributed by atoms with E-state index in [2.05, 4.69) is 0 Å². The van der Waals surface area contributed by atoms with Crippen molar-refractivity contribution in [3.8, 4) is 0 Å². The fourth-order valence-electron chi connectivity index (χ4n) is 1.23. The van der Waals surface area contributed by atoms with Crippen molar-refractivity contribution in [1.82, 2.24) is 5.43 Å². The van der Waals surface area contributed by atoms with E-state index < -0.39 is 10.0 Å². The number of amides is 1. The molecule has 1 aromatic carbocycles. The molecule has 0 radical (unpaired) electrons. The number of carbonyl (C=O) groups is 1. The number of unbranched alkanes of at least 4 members (excludes halogenated alkanes) is 2. The van der Waals surface area contributed by atoms with Crippen LogP contribution in [0.1, 0.15) is 36.5 Å². The number of primary sulfonamides is 1. The number of benzene rings is 1. The SMILES string of the molecule is CCCCCS(N)(=O)=O.NNC(=O)c1ccccc1. The number of hydrogen-bond donors (Lipinski definition) is 3. The molecule has 0 atom stereocenters. The van der Waals surface area contributed by atoms with E-state index in [-0.39, 0.29) is 11.7 Å². The highest BCUT2D eigenvalue weighted by molar-refractivity contribution is 7.89. The van der Waals surface area contributed by atoms with Gasteiger partial charge < -0.3 is 0 Å².